The Hall–Kier alpha value is -2.99. The third-order valence-corrected chi connectivity index (χ3v) is 4.75. The molecule has 1 atom stereocenters. The number of piperidine rings is 1. The van der Waals surface area contributed by atoms with E-state index in [4.69, 9.17) is 4.74 Å². The molecule has 2 aromatic heterocycles. The average molecular weight is 362 g/mol. The first-order valence-electron chi connectivity index (χ1n) is 9.20. The van der Waals surface area contributed by atoms with Crippen molar-refractivity contribution < 1.29 is 9.53 Å². The first-order valence-corrected chi connectivity index (χ1v) is 9.20. The van der Waals surface area contributed by atoms with Crippen molar-refractivity contribution in [2.24, 2.45) is 0 Å². The van der Waals surface area contributed by atoms with E-state index in [2.05, 4.69) is 15.2 Å². The minimum Gasteiger partial charge on any atom is -0.372 e. The van der Waals surface area contributed by atoms with Crippen LogP contribution in [0.25, 0.3) is 11.3 Å². The van der Waals surface area contributed by atoms with Crippen molar-refractivity contribution in [2.75, 3.05) is 13.1 Å². The van der Waals surface area contributed by atoms with Crippen LogP contribution in [0.15, 0.2) is 60.9 Å². The number of amides is 1. The lowest BCUT2D eigenvalue weighted by atomic mass is 10.1. The molecule has 6 heteroatoms. The summed E-state index contributed by atoms with van der Waals surface area (Å²) >= 11 is 0. The largest absolute Gasteiger partial charge is 0.372 e. The highest BCUT2D eigenvalue weighted by Gasteiger charge is 2.26. The van der Waals surface area contributed by atoms with Gasteiger partial charge in [0.05, 0.1) is 18.4 Å². The lowest BCUT2D eigenvalue weighted by molar-refractivity contribution is -0.00697. The van der Waals surface area contributed by atoms with Crippen LogP contribution in [0.3, 0.4) is 0 Å². The van der Waals surface area contributed by atoms with Crippen LogP contribution in [0.5, 0.6) is 0 Å². The first-order chi connectivity index (χ1) is 13.3. The van der Waals surface area contributed by atoms with Crippen molar-refractivity contribution in [1.82, 2.24) is 20.1 Å². The highest BCUT2D eigenvalue weighted by molar-refractivity contribution is 5.93. The fourth-order valence-corrected chi connectivity index (χ4v) is 3.31. The summed E-state index contributed by atoms with van der Waals surface area (Å²) in [5.74, 6) is -0.0284. The predicted molar refractivity (Wildman–Crippen MR) is 102 cm³/mol. The zero-order valence-corrected chi connectivity index (χ0v) is 15.0. The molecule has 4 rings (SSSR count). The van der Waals surface area contributed by atoms with Crippen LogP contribution in [-0.4, -0.2) is 45.2 Å². The van der Waals surface area contributed by atoms with Gasteiger partial charge < -0.3 is 9.64 Å². The van der Waals surface area contributed by atoms with Gasteiger partial charge in [0.25, 0.3) is 5.91 Å². The summed E-state index contributed by atoms with van der Waals surface area (Å²) in [4.78, 5) is 18.8. The van der Waals surface area contributed by atoms with E-state index in [1.54, 1.807) is 6.20 Å². The van der Waals surface area contributed by atoms with E-state index in [1.807, 2.05) is 59.6 Å². The Bertz CT molecular complexity index is 879. The number of benzene rings is 1. The predicted octanol–water partition coefficient (Wildman–Crippen LogP) is 3.29. The minimum absolute atomic E-state index is 0.0284. The standard InChI is InChI=1S/C21H22N4O2/c26-21(20-12-19(23-24-20)17-7-2-1-3-8-17)25-11-5-9-18(14-25)27-15-16-6-4-10-22-13-16/h1-4,6-8,10,12-13,18H,5,9,11,14-15H2,(H,23,24)/t18-/m0/s1. The second-order valence-electron chi connectivity index (χ2n) is 6.72. The molecule has 0 radical (unpaired) electrons. The van der Waals surface area contributed by atoms with Gasteiger partial charge in [-0.25, -0.2) is 0 Å². The van der Waals surface area contributed by atoms with Gasteiger partial charge in [-0.1, -0.05) is 36.4 Å². The highest BCUT2D eigenvalue weighted by atomic mass is 16.5. The Labute approximate surface area is 158 Å². The number of ether oxygens (including phenoxy) is 1. The van der Waals surface area contributed by atoms with Crippen LogP contribution in [-0.2, 0) is 11.3 Å². The fourth-order valence-electron chi connectivity index (χ4n) is 3.31. The van der Waals surface area contributed by atoms with E-state index in [-0.39, 0.29) is 12.0 Å². The molecule has 1 fully saturated rings. The molecule has 1 amide bonds. The molecule has 0 spiro atoms. The molecule has 1 aliphatic heterocycles. The number of rotatable bonds is 5. The second-order valence-corrected chi connectivity index (χ2v) is 6.72. The Morgan fingerprint density at radius 1 is 1.22 bits per heavy atom. The second kappa shape index (κ2) is 8.14. The number of aromatic nitrogens is 3. The van der Waals surface area contributed by atoms with Crippen molar-refractivity contribution in [3.63, 3.8) is 0 Å². The van der Waals surface area contributed by atoms with E-state index in [1.165, 1.54) is 0 Å². The van der Waals surface area contributed by atoms with Gasteiger partial charge in [0, 0.05) is 31.0 Å². The number of carbonyl (C=O) groups is 1. The van der Waals surface area contributed by atoms with Crippen molar-refractivity contribution in [1.29, 1.82) is 0 Å². The topological polar surface area (TPSA) is 71.1 Å². The zero-order chi connectivity index (χ0) is 18.5. The summed E-state index contributed by atoms with van der Waals surface area (Å²) < 4.78 is 6.00. The molecule has 1 aliphatic rings. The number of likely N-dealkylation sites (tertiary alicyclic amines) is 1. The maximum Gasteiger partial charge on any atom is 0.271 e. The van der Waals surface area contributed by atoms with Crippen LogP contribution in [0.1, 0.15) is 28.9 Å². The molecule has 1 saturated heterocycles. The van der Waals surface area contributed by atoms with Crippen LogP contribution < -0.4 is 0 Å². The van der Waals surface area contributed by atoms with Gasteiger partial charge in [-0.15, -0.1) is 0 Å². The summed E-state index contributed by atoms with van der Waals surface area (Å²) in [5, 5.41) is 7.17. The fraction of sp³-hybridized carbons (Fsp3) is 0.286. The lowest BCUT2D eigenvalue weighted by Crippen LogP contribution is -2.43. The van der Waals surface area contributed by atoms with Crippen LogP contribution >= 0.6 is 0 Å². The molecule has 3 heterocycles. The molecule has 1 N–H and O–H groups in total. The van der Waals surface area contributed by atoms with Gasteiger partial charge in [0.15, 0.2) is 0 Å². The van der Waals surface area contributed by atoms with Gasteiger partial charge in [-0.3, -0.25) is 14.9 Å². The zero-order valence-electron chi connectivity index (χ0n) is 15.0. The van der Waals surface area contributed by atoms with Crippen molar-refractivity contribution in [3.8, 4) is 11.3 Å². The maximum atomic E-state index is 12.9. The molecule has 138 valence electrons. The number of nitrogens with zero attached hydrogens (tertiary/aromatic N) is 3. The number of carbonyl (C=O) groups excluding carboxylic acids is 1. The Morgan fingerprint density at radius 3 is 2.93 bits per heavy atom. The van der Waals surface area contributed by atoms with Gasteiger partial charge in [0.1, 0.15) is 5.69 Å². The van der Waals surface area contributed by atoms with Crippen molar-refractivity contribution in [3.05, 3.63) is 72.2 Å². The highest BCUT2D eigenvalue weighted by Crippen LogP contribution is 2.20. The van der Waals surface area contributed by atoms with Crippen molar-refractivity contribution in [2.45, 2.75) is 25.6 Å². The normalized spacial score (nSPS) is 17.0. The summed E-state index contributed by atoms with van der Waals surface area (Å²) in [6.07, 6.45) is 5.49. The van der Waals surface area contributed by atoms with E-state index >= 15 is 0 Å². The smallest absolute Gasteiger partial charge is 0.271 e. The van der Waals surface area contributed by atoms with E-state index in [0.29, 0.717) is 18.8 Å². The molecule has 6 nitrogen and oxygen atoms in total. The third kappa shape index (κ3) is 4.23. The monoisotopic (exact) mass is 362 g/mol. The van der Waals surface area contributed by atoms with Gasteiger partial charge >= 0.3 is 0 Å². The quantitative estimate of drug-likeness (QED) is 0.756. The SMILES string of the molecule is O=C(c1cc(-c2ccccc2)n[nH]1)N1CCC[C@H](OCc2cccnc2)C1. The summed E-state index contributed by atoms with van der Waals surface area (Å²) in [6, 6.07) is 15.5. The molecule has 3 aromatic rings. The van der Waals surface area contributed by atoms with Crippen molar-refractivity contribution >= 4 is 5.91 Å². The molecule has 0 saturated carbocycles. The lowest BCUT2D eigenvalue weighted by Gasteiger charge is -2.32. The molecular formula is C21H22N4O2. The molecule has 1 aromatic carbocycles. The molecule has 27 heavy (non-hydrogen) atoms. The van der Waals surface area contributed by atoms with E-state index in [0.717, 1.165) is 36.2 Å². The number of aromatic amines is 1. The molecule has 0 unspecified atom stereocenters. The molecule has 0 aliphatic carbocycles. The maximum absolute atomic E-state index is 12.9. The summed E-state index contributed by atoms with van der Waals surface area (Å²) in [6.45, 7) is 1.85. The Kier molecular flexibility index (Phi) is 5.25. The minimum atomic E-state index is -0.0284. The first kappa shape index (κ1) is 17.4. The van der Waals surface area contributed by atoms with Crippen LogP contribution in [0.4, 0.5) is 0 Å². The summed E-state index contributed by atoms with van der Waals surface area (Å²) in [5.41, 5.74) is 3.33. The number of hydrogen-bond acceptors (Lipinski definition) is 4. The number of H-pyrrole nitrogens is 1. The van der Waals surface area contributed by atoms with Crippen LogP contribution in [0.2, 0.25) is 0 Å². The van der Waals surface area contributed by atoms with Gasteiger partial charge in [0.2, 0.25) is 0 Å². The Morgan fingerprint density at radius 2 is 2.11 bits per heavy atom. The van der Waals surface area contributed by atoms with E-state index < -0.39 is 0 Å². The summed E-state index contributed by atoms with van der Waals surface area (Å²) in [7, 11) is 0. The third-order valence-electron chi connectivity index (χ3n) is 4.75. The Balaban J connectivity index is 1.38. The van der Waals surface area contributed by atoms with Gasteiger partial charge in [-0.2, -0.15) is 5.10 Å². The average Bonchev–Trinajstić information content (AvgIpc) is 3.24. The number of nitrogens with one attached hydrogen (secondary N) is 1. The van der Waals surface area contributed by atoms with Crippen LogP contribution in [0, 0.1) is 0 Å². The molecule has 0 bridgehead atoms. The van der Waals surface area contributed by atoms with E-state index in [9.17, 15) is 4.79 Å². The molecular weight excluding hydrogens is 340 g/mol. The van der Waals surface area contributed by atoms with Gasteiger partial charge in [-0.05, 0) is 30.5 Å². The number of hydrogen-bond donors (Lipinski definition) is 1. The number of pyridine rings is 1.